The van der Waals surface area contributed by atoms with Crippen LogP contribution in [0.2, 0.25) is 0 Å². The first kappa shape index (κ1) is 20.4. The van der Waals surface area contributed by atoms with Crippen molar-refractivity contribution in [2.75, 3.05) is 17.1 Å². The van der Waals surface area contributed by atoms with Crippen LogP contribution in [0.1, 0.15) is 28.7 Å². The van der Waals surface area contributed by atoms with Crippen LogP contribution in [-0.2, 0) is 16.4 Å². The van der Waals surface area contributed by atoms with Gasteiger partial charge in [-0.05, 0) is 55.8 Å². The molecular weight excluding hydrogens is 394 g/mol. The van der Waals surface area contributed by atoms with E-state index < -0.39 is 15.9 Å². The average Bonchev–Trinajstić information content (AvgIpc) is 3.09. The van der Waals surface area contributed by atoms with Crippen LogP contribution in [0.25, 0.3) is 0 Å². The molecule has 0 aliphatic carbocycles. The van der Waals surface area contributed by atoms with Crippen molar-refractivity contribution in [3.63, 3.8) is 0 Å². The summed E-state index contributed by atoms with van der Waals surface area (Å²) in [4.78, 5) is 12.6. The second kappa shape index (κ2) is 8.36. The third kappa shape index (κ3) is 4.57. The summed E-state index contributed by atoms with van der Waals surface area (Å²) in [5, 5.41) is 6.57. The molecule has 152 valence electrons. The maximum Gasteiger partial charge on any atom is 0.261 e. The maximum absolute atomic E-state index is 12.7. The zero-order valence-corrected chi connectivity index (χ0v) is 17.0. The summed E-state index contributed by atoms with van der Waals surface area (Å²) in [6, 6.07) is 12.5. The molecule has 8 nitrogen and oxygen atoms in total. The van der Waals surface area contributed by atoms with Crippen LogP contribution in [0.15, 0.2) is 57.9 Å². The van der Waals surface area contributed by atoms with E-state index >= 15 is 0 Å². The lowest BCUT2D eigenvalue weighted by Gasteiger charge is -2.11. The summed E-state index contributed by atoms with van der Waals surface area (Å²) >= 11 is 0. The number of aryl methyl sites for hydroxylation is 2. The number of anilines is 2. The molecule has 1 aromatic heterocycles. The Bertz CT molecular complexity index is 1120. The third-order valence-corrected chi connectivity index (χ3v) is 5.62. The molecule has 0 bridgehead atoms. The number of methoxy groups -OCH3 is 1. The van der Waals surface area contributed by atoms with E-state index in [9.17, 15) is 13.2 Å². The normalized spacial score (nSPS) is 11.1. The fraction of sp³-hybridized carbons (Fsp3) is 0.200. The molecule has 3 aromatic rings. The van der Waals surface area contributed by atoms with Crippen molar-refractivity contribution in [3.8, 4) is 5.75 Å². The molecule has 0 fully saturated rings. The van der Waals surface area contributed by atoms with Crippen molar-refractivity contribution in [2.45, 2.75) is 25.2 Å². The Labute approximate surface area is 168 Å². The fourth-order valence-electron chi connectivity index (χ4n) is 2.76. The van der Waals surface area contributed by atoms with E-state index in [4.69, 9.17) is 9.26 Å². The molecule has 0 atom stereocenters. The van der Waals surface area contributed by atoms with Gasteiger partial charge in [0.25, 0.3) is 15.9 Å². The van der Waals surface area contributed by atoms with E-state index in [0.717, 1.165) is 0 Å². The third-order valence-electron chi connectivity index (χ3n) is 4.24. The molecule has 2 N–H and O–H groups in total. The molecule has 0 saturated carbocycles. The van der Waals surface area contributed by atoms with Crippen LogP contribution in [0, 0.1) is 6.92 Å². The van der Waals surface area contributed by atoms with Crippen LogP contribution in [0.5, 0.6) is 5.75 Å². The zero-order chi connectivity index (χ0) is 21.0. The maximum atomic E-state index is 12.7. The Morgan fingerprint density at radius 2 is 1.86 bits per heavy atom. The SMILES string of the molecule is CCc1noc(C)c1C(=O)Nc1cccc(S(=O)(=O)Nc2ccc(OC)cc2)c1. The number of ether oxygens (including phenoxy) is 1. The van der Waals surface area contributed by atoms with Gasteiger partial charge in [-0.25, -0.2) is 8.42 Å². The largest absolute Gasteiger partial charge is 0.497 e. The minimum absolute atomic E-state index is 0.0175. The van der Waals surface area contributed by atoms with Crippen molar-refractivity contribution in [2.24, 2.45) is 0 Å². The number of sulfonamides is 1. The molecule has 29 heavy (non-hydrogen) atoms. The van der Waals surface area contributed by atoms with E-state index in [1.807, 2.05) is 6.92 Å². The van der Waals surface area contributed by atoms with Crippen molar-refractivity contribution >= 4 is 27.3 Å². The van der Waals surface area contributed by atoms with Crippen LogP contribution in [0.3, 0.4) is 0 Å². The molecular formula is C20H21N3O5S. The lowest BCUT2D eigenvalue weighted by molar-refractivity contribution is 0.102. The van der Waals surface area contributed by atoms with Crippen molar-refractivity contribution in [3.05, 3.63) is 65.5 Å². The summed E-state index contributed by atoms with van der Waals surface area (Å²) in [7, 11) is -2.31. The second-order valence-electron chi connectivity index (χ2n) is 6.23. The van der Waals surface area contributed by atoms with Crippen molar-refractivity contribution in [1.82, 2.24) is 5.16 Å². The molecule has 9 heteroatoms. The first-order chi connectivity index (χ1) is 13.8. The van der Waals surface area contributed by atoms with E-state index in [-0.39, 0.29) is 4.90 Å². The van der Waals surface area contributed by atoms with Gasteiger partial charge in [0.15, 0.2) is 0 Å². The quantitative estimate of drug-likeness (QED) is 0.610. The number of carbonyl (C=O) groups is 1. The van der Waals surface area contributed by atoms with E-state index in [2.05, 4.69) is 15.2 Å². The standard InChI is InChI=1S/C20H21N3O5S/c1-4-18-19(13(2)28-22-18)20(24)21-15-6-5-7-17(12-15)29(25,26)23-14-8-10-16(27-3)11-9-14/h5-12,23H,4H2,1-3H3,(H,21,24). The molecule has 0 saturated heterocycles. The predicted octanol–water partition coefficient (Wildman–Crippen LogP) is 3.61. The van der Waals surface area contributed by atoms with E-state index in [1.54, 1.807) is 43.3 Å². The molecule has 2 aromatic carbocycles. The monoisotopic (exact) mass is 415 g/mol. The van der Waals surface area contributed by atoms with E-state index in [0.29, 0.717) is 40.6 Å². The number of aromatic nitrogens is 1. The minimum atomic E-state index is -3.84. The number of rotatable bonds is 7. The molecule has 1 heterocycles. The number of hydrogen-bond acceptors (Lipinski definition) is 6. The van der Waals surface area contributed by atoms with Gasteiger partial charge in [0.05, 0.1) is 17.7 Å². The summed E-state index contributed by atoms with van der Waals surface area (Å²) < 4.78 is 38.0. The number of benzene rings is 2. The molecule has 1 amide bonds. The van der Waals surface area contributed by atoms with Gasteiger partial charge < -0.3 is 14.6 Å². The topological polar surface area (TPSA) is 111 Å². The van der Waals surface area contributed by atoms with Crippen LogP contribution < -0.4 is 14.8 Å². The van der Waals surface area contributed by atoms with Gasteiger partial charge in [0.1, 0.15) is 17.1 Å². The Hall–Kier alpha value is -3.33. The Balaban J connectivity index is 1.80. The lowest BCUT2D eigenvalue weighted by atomic mass is 10.1. The molecule has 0 aliphatic heterocycles. The predicted molar refractivity (Wildman–Crippen MR) is 109 cm³/mol. The van der Waals surface area contributed by atoms with Gasteiger partial charge in [0, 0.05) is 11.4 Å². The Morgan fingerprint density at radius 3 is 2.52 bits per heavy atom. The molecule has 0 spiro atoms. The van der Waals surface area contributed by atoms with Crippen LogP contribution >= 0.6 is 0 Å². The number of hydrogen-bond donors (Lipinski definition) is 2. The van der Waals surface area contributed by atoms with Crippen molar-refractivity contribution in [1.29, 1.82) is 0 Å². The first-order valence-corrected chi connectivity index (χ1v) is 10.4. The Kier molecular flexibility index (Phi) is 5.88. The highest BCUT2D eigenvalue weighted by Gasteiger charge is 2.20. The number of carbonyl (C=O) groups excluding carboxylic acids is 1. The van der Waals surface area contributed by atoms with Gasteiger partial charge >= 0.3 is 0 Å². The number of nitrogens with zero attached hydrogens (tertiary/aromatic N) is 1. The average molecular weight is 415 g/mol. The van der Waals surface area contributed by atoms with Crippen LogP contribution in [0.4, 0.5) is 11.4 Å². The smallest absolute Gasteiger partial charge is 0.261 e. The van der Waals surface area contributed by atoms with Crippen LogP contribution in [-0.4, -0.2) is 26.6 Å². The van der Waals surface area contributed by atoms with Gasteiger partial charge in [-0.15, -0.1) is 0 Å². The first-order valence-electron chi connectivity index (χ1n) is 8.87. The molecule has 0 aliphatic rings. The van der Waals surface area contributed by atoms with Crippen molar-refractivity contribution < 1.29 is 22.5 Å². The van der Waals surface area contributed by atoms with Gasteiger partial charge in [-0.2, -0.15) is 0 Å². The summed E-state index contributed by atoms with van der Waals surface area (Å²) in [6.45, 7) is 3.52. The molecule has 0 unspecified atom stereocenters. The number of nitrogens with one attached hydrogen (secondary N) is 2. The lowest BCUT2D eigenvalue weighted by Crippen LogP contribution is -2.16. The summed E-state index contributed by atoms with van der Waals surface area (Å²) in [5.41, 5.74) is 1.64. The highest BCUT2D eigenvalue weighted by Crippen LogP contribution is 2.22. The zero-order valence-electron chi connectivity index (χ0n) is 16.2. The summed E-state index contributed by atoms with van der Waals surface area (Å²) in [5.74, 6) is 0.621. The molecule has 3 rings (SSSR count). The van der Waals surface area contributed by atoms with Gasteiger partial charge in [-0.3, -0.25) is 9.52 Å². The Morgan fingerprint density at radius 1 is 1.14 bits per heavy atom. The minimum Gasteiger partial charge on any atom is -0.497 e. The number of amides is 1. The van der Waals surface area contributed by atoms with E-state index in [1.165, 1.54) is 19.2 Å². The highest BCUT2D eigenvalue weighted by atomic mass is 32.2. The van der Waals surface area contributed by atoms with Gasteiger partial charge in [0.2, 0.25) is 0 Å². The highest BCUT2D eigenvalue weighted by molar-refractivity contribution is 7.92. The summed E-state index contributed by atoms with van der Waals surface area (Å²) in [6.07, 6.45) is 0.542. The molecule has 0 radical (unpaired) electrons. The van der Waals surface area contributed by atoms with Gasteiger partial charge in [-0.1, -0.05) is 18.1 Å². The fourth-order valence-corrected chi connectivity index (χ4v) is 3.86. The second-order valence-corrected chi connectivity index (χ2v) is 7.91.